The Morgan fingerprint density at radius 2 is 1.89 bits per heavy atom. The van der Waals surface area contributed by atoms with Crippen LogP contribution in [0.15, 0.2) is 24.3 Å². The fourth-order valence-electron chi connectivity index (χ4n) is 2.32. The summed E-state index contributed by atoms with van der Waals surface area (Å²) in [5.41, 5.74) is 6.44. The van der Waals surface area contributed by atoms with Gasteiger partial charge in [-0.2, -0.15) is 0 Å². The first-order valence-electron chi connectivity index (χ1n) is 6.64. The standard InChI is InChI=1S/C14H20ClN3O/c15-13-4-2-1-3-12(13)11-14(19)18-9-7-17(6-5-16)8-10-18/h1-4H,5-11,16H2. The summed E-state index contributed by atoms with van der Waals surface area (Å²) in [5.74, 6) is 0.153. The molecule has 0 aromatic heterocycles. The number of nitrogens with zero attached hydrogens (tertiary/aromatic N) is 2. The van der Waals surface area contributed by atoms with Gasteiger partial charge in [-0.25, -0.2) is 0 Å². The molecule has 2 N–H and O–H groups in total. The SMILES string of the molecule is NCCN1CCN(C(=O)Cc2ccccc2Cl)CC1. The van der Waals surface area contributed by atoms with Crippen molar-refractivity contribution < 1.29 is 4.79 Å². The van der Waals surface area contributed by atoms with Gasteiger partial charge in [0.1, 0.15) is 0 Å². The van der Waals surface area contributed by atoms with Crippen molar-refractivity contribution in [2.24, 2.45) is 5.73 Å². The summed E-state index contributed by atoms with van der Waals surface area (Å²) < 4.78 is 0. The highest BCUT2D eigenvalue weighted by atomic mass is 35.5. The molecule has 0 spiro atoms. The molecule has 1 aromatic carbocycles. The molecular formula is C14H20ClN3O. The molecule has 19 heavy (non-hydrogen) atoms. The van der Waals surface area contributed by atoms with Gasteiger partial charge in [0.05, 0.1) is 6.42 Å². The van der Waals surface area contributed by atoms with Crippen molar-refractivity contribution in [1.29, 1.82) is 0 Å². The van der Waals surface area contributed by atoms with E-state index in [1.54, 1.807) is 0 Å². The second kappa shape index (κ2) is 6.89. The van der Waals surface area contributed by atoms with Crippen LogP contribution in [0.3, 0.4) is 0 Å². The van der Waals surface area contributed by atoms with E-state index in [4.69, 9.17) is 17.3 Å². The number of nitrogens with two attached hydrogens (primary N) is 1. The van der Waals surface area contributed by atoms with Gasteiger partial charge in [-0.3, -0.25) is 9.69 Å². The Morgan fingerprint density at radius 1 is 1.21 bits per heavy atom. The third-order valence-electron chi connectivity index (χ3n) is 3.47. The summed E-state index contributed by atoms with van der Waals surface area (Å²) in [5, 5.41) is 0.664. The van der Waals surface area contributed by atoms with Crippen molar-refractivity contribution in [3.63, 3.8) is 0 Å². The van der Waals surface area contributed by atoms with Gasteiger partial charge in [0.2, 0.25) is 5.91 Å². The fourth-order valence-corrected chi connectivity index (χ4v) is 2.52. The maximum absolute atomic E-state index is 12.2. The highest BCUT2D eigenvalue weighted by molar-refractivity contribution is 6.31. The number of rotatable bonds is 4. The Kier molecular flexibility index (Phi) is 5.19. The van der Waals surface area contributed by atoms with Crippen molar-refractivity contribution in [3.05, 3.63) is 34.9 Å². The predicted molar refractivity (Wildman–Crippen MR) is 77.2 cm³/mol. The molecule has 1 amide bonds. The molecule has 1 aliphatic rings. The van der Waals surface area contributed by atoms with Crippen molar-refractivity contribution >= 4 is 17.5 Å². The number of piperazine rings is 1. The van der Waals surface area contributed by atoms with Crippen LogP contribution in [-0.2, 0) is 11.2 Å². The second-order valence-electron chi connectivity index (χ2n) is 4.78. The zero-order chi connectivity index (χ0) is 13.7. The predicted octanol–water partition coefficient (Wildman–Crippen LogP) is 0.985. The third kappa shape index (κ3) is 3.93. The molecule has 0 aliphatic carbocycles. The summed E-state index contributed by atoms with van der Waals surface area (Å²) in [6, 6.07) is 7.52. The second-order valence-corrected chi connectivity index (χ2v) is 5.19. The molecule has 1 aromatic rings. The first-order chi connectivity index (χ1) is 9.20. The Labute approximate surface area is 119 Å². The van der Waals surface area contributed by atoms with Crippen LogP contribution in [0.25, 0.3) is 0 Å². The summed E-state index contributed by atoms with van der Waals surface area (Å²) in [7, 11) is 0. The molecule has 4 nitrogen and oxygen atoms in total. The van der Waals surface area contributed by atoms with Crippen LogP contribution in [0.2, 0.25) is 5.02 Å². The first-order valence-corrected chi connectivity index (χ1v) is 7.02. The monoisotopic (exact) mass is 281 g/mol. The summed E-state index contributed by atoms with van der Waals surface area (Å²) in [6.45, 7) is 4.96. The largest absolute Gasteiger partial charge is 0.340 e. The molecule has 1 saturated heterocycles. The van der Waals surface area contributed by atoms with Crippen LogP contribution >= 0.6 is 11.6 Å². The molecular weight excluding hydrogens is 262 g/mol. The molecule has 0 bridgehead atoms. The smallest absolute Gasteiger partial charge is 0.227 e. The normalized spacial score (nSPS) is 16.6. The van der Waals surface area contributed by atoms with Crippen molar-refractivity contribution in [1.82, 2.24) is 9.80 Å². The minimum Gasteiger partial charge on any atom is -0.340 e. The first kappa shape index (κ1) is 14.3. The average molecular weight is 282 g/mol. The lowest BCUT2D eigenvalue weighted by molar-refractivity contribution is -0.132. The van der Waals surface area contributed by atoms with E-state index in [1.807, 2.05) is 29.2 Å². The Morgan fingerprint density at radius 3 is 2.53 bits per heavy atom. The maximum Gasteiger partial charge on any atom is 0.227 e. The molecule has 1 heterocycles. The van der Waals surface area contributed by atoms with Crippen molar-refractivity contribution in [2.45, 2.75) is 6.42 Å². The number of hydrogen-bond acceptors (Lipinski definition) is 3. The number of benzene rings is 1. The minimum atomic E-state index is 0.153. The molecule has 0 unspecified atom stereocenters. The van der Waals surface area contributed by atoms with Crippen molar-refractivity contribution in [3.8, 4) is 0 Å². The Bertz CT molecular complexity index is 430. The van der Waals surface area contributed by atoms with Crippen molar-refractivity contribution in [2.75, 3.05) is 39.3 Å². The van der Waals surface area contributed by atoms with E-state index < -0.39 is 0 Å². The maximum atomic E-state index is 12.2. The van der Waals surface area contributed by atoms with E-state index in [2.05, 4.69) is 4.90 Å². The van der Waals surface area contributed by atoms with E-state index in [-0.39, 0.29) is 5.91 Å². The third-order valence-corrected chi connectivity index (χ3v) is 3.84. The van der Waals surface area contributed by atoms with Crippen LogP contribution in [-0.4, -0.2) is 55.0 Å². The van der Waals surface area contributed by atoms with E-state index in [9.17, 15) is 4.79 Å². The summed E-state index contributed by atoms with van der Waals surface area (Å²) >= 11 is 6.08. The Balaban J connectivity index is 1.87. The average Bonchev–Trinajstić information content (AvgIpc) is 2.42. The van der Waals surface area contributed by atoms with E-state index in [0.29, 0.717) is 18.0 Å². The molecule has 2 rings (SSSR count). The zero-order valence-electron chi connectivity index (χ0n) is 11.0. The van der Waals surface area contributed by atoms with Crippen LogP contribution in [0, 0.1) is 0 Å². The number of carbonyl (C=O) groups is 1. The lowest BCUT2D eigenvalue weighted by Crippen LogP contribution is -2.50. The van der Waals surface area contributed by atoms with Gasteiger partial charge in [0.25, 0.3) is 0 Å². The van der Waals surface area contributed by atoms with E-state index >= 15 is 0 Å². The molecule has 5 heteroatoms. The van der Waals surface area contributed by atoms with E-state index in [0.717, 1.165) is 38.3 Å². The van der Waals surface area contributed by atoms with Gasteiger partial charge in [-0.05, 0) is 11.6 Å². The molecule has 104 valence electrons. The van der Waals surface area contributed by atoms with Gasteiger partial charge in [-0.1, -0.05) is 29.8 Å². The van der Waals surface area contributed by atoms with Gasteiger partial charge < -0.3 is 10.6 Å². The molecule has 1 fully saturated rings. The minimum absolute atomic E-state index is 0.153. The molecule has 1 aliphatic heterocycles. The fraction of sp³-hybridized carbons (Fsp3) is 0.500. The zero-order valence-corrected chi connectivity index (χ0v) is 11.8. The number of carbonyl (C=O) groups excluding carboxylic acids is 1. The van der Waals surface area contributed by atoms with Gasteiger partial charge in [-0.15, -0.1) is 0 Å². The number of hydrogen-bond donors (Lipinski definition) is 1. The topological polar surface area (TPSA) is 49.6 Å². The van der Waals surface area contributed by atoms with Crippen LogP contribution < -0.4 is 5.73 Å². The lowest BCUT2D eigenvalue weighted by atomic mass is 10.1. The van der Waals surface area contributed by atoms with Gasteiger partial charge >= 0.3 is 0 Å². The summed E-state index contributed by atoms with van der Waals surface area (Å²) in [4.78, 5) is 16.4. The lowest BCUT2D eigenvalue weighted by Gasteiger charge is -2.34. The molecule has 0 radical (unpaired) electrons. The number of amides is 1. The number of halogens is 1. The van der Waals surface area contributed by atoms with Gasteiger partial charge in [0.15, 0.2) is 0 Å². The Hall–Kier alpha value is -1.10. The van der Waals surface area contributed by atoms with Crippen LogP contribution in [0.1, 0.15) is 5.56 Å². The van der Waals surface area contributed by atoms with Gasteiger partial charge in [0, 0.05) is 44.3 Å². The quantitative estimate of drug-likeness (QED) is 0.895. The highest BCUT2D eigenvalue weighted by Gasteiger charge is 2.21. The highest BCUT2D eigenvalue weighted by Crippen LogP contribution is 2.16. The van der Waals surface area contributed by atoms with Crippen LogP contribution in [0.4, 0.5) is 0 Å². The molecule has 0 atom stereocenters. The van der Waals surface area contributed by atoms with E-state index in [1.165, 1.54) is 0 Å². The summed E-state index contributed by atoms with van der Waals surface area (Å²) in [6.07, 6.45) is 0.385. The molecule has 0 saturated carbocycles. The van der Waals surface area contributed by atoms with Crippen LogP contribution in [0.5, 0.6) is 0 Å².